The molecule has 1 aromatic rings. The molecule has 4 nitrogen and oxygen atoms in total. The molecule has 1 aromatic carbocycles. The van der Waals surface area contributed by atoms with Gasteiger partial charge in [-0.25, -0.2) is 0 Å². The quantitative estimate of drug-likeness (QED) is 0.803. The first kappa shape index (κ1) is 18.6. The molecular weight excluding hydrogens is 306 g/mol. The van der Waals surface area contributed by atoms with Gasteiger partial charge < -0.3 is 9.53 Å². The highest BCUT2D eigenvalue weighted by molar-refractivity contribution is 6.74. The first-order chi connectivity index (χ1) is 10.7. The van der Waals surface area contributed by atoms with Crippen LogP contribution in [0, 0.1) is 0 Å². The minimum Gasteiger partial charge on any atom is -0.414 e. The molecule has 1 fully saturated rings. The second kappa shape index (κ2) is 7.45. The number of hydrogen-bond acceptors (Lipinski definition) is 4. The van der Waals surface area contributed by atoms with E-state index in [9.17, 15) is 5.11 Å². The molecule has 1 heterocycles. The van der Waals surface area contributed by atoms with Gasteiger partial charge in [-0.2, -0.15) is 5.06 Å². The minimum absolute atomic E-state index is 0.0554. The molecule has 0 amide bonds. The van der Waals surface area contributed by atoms with E-state index in [1.165, 1.54) is 0 Å². The van der Waals surface area contributed by atoms with Crippen LogP contribution in [-0.4, -0.2) is 44.3 Å². The Kier molecular flexibility index (Phi) is 6.03. The lowest BCUT2D eigenvalue weighted by molar-refractivity contribution is -0.187. The molecule has 1 aliphatic heterocycles. The first-order valence-electron chi connectivity index (χ1n) is 8.48. The molecule has 0 spiro atoms. The predicted molar refractivity (Wildman–Crippen MR) is 95.6 cm³/mol. The van der Waals surface area contributed by atoms with Crippen LogP contribution in [-0.2, 0) is 9.26 Å². The Labute approximate surface area is 141 Å². The van der Waals surface area contributed by atoms with Gasteiger partial charge in [0.1, 0.15) is 6.10 Å². The minimum atomic E-state index is -1.74. The molecule has 2 atom stereocenters. The molecule has 130 valence electrons. The fourth-order valence-corrected chi connectivity index (χ4v) is 3.50. The van der Waals surface area contributed by atoms with E-state index < -0.39 is 8.32 Å². The van der Waals surface area contributed by atoms with Crippen molar-refractivity contribution in [2.75, 3.05) is 19.8 Å². The Morgan fingerprint density at radius 3 is 2.52 bits per heavy atom. The summed E-state index contributed by atoms with van der Waals surface area (Å²) in [6.07, 6.45) is 1.03. The lowest BCUT2D eigenvalue weighted by atomic mass is 10.1. The first-order valence-corrected chi connectivity index (χ1v) is 11.4. The Morgan fingerprint density at radius 2 is 1.96 bits per heavy atom. The van der Waals surface area contributed by atoms with E-state index >= 15 is 0 Å². The van der Waals surface area contributed by atoms with Crippen LogP contribution in [0.2, 0.25) is 18.1 Å². The second-order valence-corrected chi connectivity index (χ2v) is 12.6. The van der Waals surface area contributed by atoms with Gasteiger partial charge in [0, 0.05) is 6.54 Å². The lowest BCUT2D eigenvalue weighted by Crippen LogP contribution is -2.42. The summed E-state index contributed by atoms with van der Waals surface area (Å²) in [7, 11) is -1.74. The number of benzene rings is 1. The molecule has 0 saturated carbocycles. The number of hydroxylamine groups is 2. The van der Waals surface area contributed by atoms with Crippen molar-refractivity contribution in [2.24, 2.45) is 0 Å². The fourth-order valence-electron chi connectivity index (χ4n) is 2.47. The number of nitrogens with zero attached hydrogens (tertiary/aromatic N) is 1. The van der Waals surface area contributed by atoms with Crippen molar-refractivity contribution in [3.05, 3.63) is 35.9 Å². The molecular formula is C18H31NO3Si. The topological polar surface area (TPSA) is 41.9 Å². The SMILES string of the molecule is CC(C)(C)[Si](C)(C)OC[C@@H]1CCN([C@@H](CO)c2ccccc2)O1. The number of aliphatic hydroxyl groups excluding tert-OH is 1. The van der Waals surface area contributed by atoms with Crippen LogP contribution >= 0.6 is 0 Å². The Bertz CT molecular complexity index is 487. The third-order valence-electron chi connectivity index (χ3n) is 5.10. The smallest absolute Gasteiger partial charge is 0.192 e. The molecule has 0 unspecified atom stereocenters. The predicted octanol–water partition coefficient (Wildman–Crippen LogP) is 3.75. The zero-order valence-corrected chi connectivity index (χ0v) is 16.1. The summed E-state index contributed by atoms with van der Waals surface area (Å²) in [5.41, 5.74) is 1.08. The standard InChI is InChI=1S/C18H31NO3Si/c1-18(2,3)23(4,5)21-14-16-11-12-19(22-16)17(13-20)15-9-7-6-8-10-15/h6-10,16-17,20H,11-14H2,1-5H3/t16-,17-/m0/s1. The van der Waals surface area contributed by atoms with Crippen molar-refractivity contribution < 1.29 is 14.4 Å². The summed E-state index contributed by atoms with van der Waals surface area (Å²) in [5, 5.41) is 11.9. The lowest BCUT2D eigenvalue weighted by Gasteiger charge is -2.36. The van der Waals surface area contributed by atoms with Gasteiger partial charge in [0.2, 0.25) is 0 Å². The molecule has 0 aliphatic carbocycles. The third kappa shape index (κ3) is 4.64. The van der Waals surface area contributed by atoms with Crippen LogP contribution in [0.3, 0.4) is 0 Å². The summed E-state index contributed by atoms with van der Waals surface area (Å²) in [6, 6.07) is 9.93. The molecule has 0 aromatic heterocycles. The number of hydrogen-bond donors (Lipinski definition) is 1. The number of rotatable bonds is 6. The van der Waals surface area contributed by atoms with Crippen molar-refractivity contribution in [3.8, 4) is 0 Å². The van der Waals surface area contributed by atoms with Gasteiger partial charge >= 0.3 is 0 Å². The molecule has 5 heteroatoms. The van der Waals surface area contributed by atoms with E-state index in [0.29, 0.717) is 6.61 Å². The summed E-state index contributed by atoms with van der Waals surface area (Å²) < 4.78 is 6.27. The highest BCUT2D eigenvalue weighted by Gasteiger charge is 2.39. The van der Waals surface area contributed by atoms with Crippen molar-refractivity contribution in [1.29, 1.82) is 0 Å². The van der Waals surface area contributed by atoms with Crippen molar-refractivity contribution in [3.63, 3.8) is 0 Å². The molecule has 2 rings (SSSR count). The molecule has 23 heavy (non-hydrogen) atoms. The van der Waals surface area contributed by atoms with Crippen LogP contribution in [0.1, 0.15) is 38.8 Å². The summed E-state index contributed by atoms with van der Waals surface area (Å²) in [6.45, 7) is 12.8. The molecule has 1 N–H and O–H groups in total. The van der Waals surface area contributed by atoms with E-state index in [1.54, 1.807) is 0 Å². The van der Waals surface area contributed by atoms with Crippen LogP contribution in [0.25, 0.3) is 0 Å². The van der Waals surface area contributed by atoms with Crippen LogP contribution in [0.4, 0.5) is 0 Å². The molecule has 0 bridgehead atoms. The Hall–Kier alpha value is -0.723. The Balaban J connectivity index is 1.91. The zero-order valence-electron chi connectivity index (χ0n) is 15.1. The second-order valence-electron chi connectivity index (χ2n) is 7.84. The van der Waals surface area contributed by atoms with Crippen LogP contribution < -0.4 is 0 Å². The van der Waals surface area contributed by atoms with E-state index in [4.69, 9.17) is 9.26 Å². The maximum absolute atomic E-state index is 9.75. The third-order valence-corrected chi connectivity index (χ3v) is 9.60. The van der Waals surface area contributed by atoms with E-state index in [-0.39, 0.29) is 23.8 Å². The monoisotopic (exact) mass is 337 g/mol. The van der Waals surface area contributed by atoms with Crippen molar-refractivity contribution in [2.45, 2.75) is 57.5 Å². The average Bonchev–Trinajstić information content (AvgIpc) is 2.95. The highest BCUT2D eigenvalue weighted by atomic mass is 28.4. The van der Waals surface area contributed by atoms with Crippen LogP contribution in [0.5, 0.6) is 0 Å². The van der Waals surface area contributed by atoms with E-state index in [2.05, 4.69) is 33.9 Å². The maximum atomic E-state index is 9.75. The van der Waals surface area contributed by atoms with Gasteiger partial charge in [-0.05, 0) is 30.1 Å². The molecule has 1 aliphatic rings. The van der Waals surface area contributed by atoms with Gasteiger partial charge in [-0.3, -0.25) is 4.84 Å². The summed E-state index contributed by atoms with van der Waals surface area (Å²) >= 11 is 0. The van der Waals surface area contributed by atoms with Gasteiger partial charge in [-0.15, -0.1) is 0 Å². The fraction of sp³-hybridized carbons (Fsp3) is 0.667. The van der Waals surface area contributed by atoms with Crippen molar-refractivity contribution >= 4 is 8.32 Å². The summed E-state index contributed by atoms with van der Waals surface area (Å²) in [4.78, 5) is 6.05. The molecule has 1 saturated heterocycles. The zero-order chi connectivity index (χ0) is 17.1. The van der Waals surface area contributed by atoms with Crippen molar-refractivity contribution in [1.82, 2.24) is 5.06 Å². The van der Waals surface area contributed by atoms with Gasteiger partial charge in [0.15, 0.2) is 8.32 Å². The largest absolute Gasteiger partial charge is 0.414 e. The highest BCUT2D eigenvalue weighted by Crippen LogP contribution is 2.37. The summed E-state index contributed by atoms with van der Waals surface area (Å²) in [5.74, 6) is 0. The van der Waals surface area contributed by atoms with Crippen LogP contribution in [0.15, 0.2) is 30.3 Å². The normalized spacial score (nSPS) is 21.6. The van der Waals surface area contributed by atoms with Gasteiger partial charge in [0.25, 0.3) is 0 Å². The Morgan fingerprint density at radius 1 is 1.30 bits per heavy atom. The molecule has 0 radical (unpaired) electrons. The van der Waals surface area contributed by atoms with E-state index in [1.807, 2.05) is 35.4 Å². The number of aliphatic hydroxyl groups is 1. The average molecular weight is 338 g/mol. The van der Waals surface area contributed by atoms with Gasteiger partial charge in [0.05, 0.1) is 19.3 Å². The maximum Gasteiger partial charge on any atom is 0.192 e. The van der Waals surface area contributed by atoms with E-state index in [0.717, 1.165) is 18.5 Å². The van der Waals surface area contributed by atoms with Gasteiger partial charge in [-0.1, -0.05) is 51.1 Å².